The molecule has 0 atom stereocenters. The number of pyridine rings is 1. The predicted octanol–water partition coefficient (Wildman–Crippen LogP) is 5.15. The summed E-state index contributed by atoms with van der Waals surface area (Å²) in [6, 6.07) is 5.81. The van der Waals surface area contributed by atoms with Gasteiger partial charge in [0.15, 0.2) is 0 Å². The highest BCUT2D eigenvalue weighted by Crippen LogP contribution is 2.35. The second-order valence-electron chi connectivity index (χ2n) is 7.60. The van der Waals surface area contributed by atoms with Gasteiger partial charge in [-0.3, -0.25) is 4.79 Å². The summed E-state index contributed by atoms with van der Waals surface area (Å²) in [5.41, 5.74) is 3.19. The van der Waals surface area contributed by atoms with Gasteiger partial charge in [0.1, 0.15) is 5.75 Å². The van der Waals surface area contributed by atoms with Crippen LogP contribution in [-0.2, 0) is 6.42 Å². The third-order valence-electron chi connectivity index (χ3n) is 5.11. The summed E-state index contributed by atoms with van der Waals surface area (Å²) in [5.74, 6) is -0.484. The van der Waals surface area contributed by atoms with E-state index in [9.17, 15) is 18.0 Å². The number of ether oxygens (including phenoxy) is 1. The van der Waals surface area contributed by atoms with Crippen LogP contribution >= 0.6 is 0 Å². The van der Waals surface area contributed by atoms with Crippen molar-refractivity contribution in [3.05, 3.63) is 46.8 Å². The molecule has 3 heterocycles. The summed E-state index contributed by atoms with van der Waals surface area (Å²) in [4.78, 5) is 19.6. The Labute approximate surface area is 170 Å². The van der Waals surface area contributed by atoms with Crippen molar-refractivity contribution in [1.82, 2.24) is 10.1 Å². The van der Waals surface area contributed by atoms with Gasteiger partial charge in [-0.05, 0) is 55.5 Å². The highest BCUT2D eigenvalue weighted by molar-refractivity contribution is 6.14. The molecule has 2 aromatic heterocycles. The number of amides is 1. The predicted molar refractivity (Wildman–Crippen MR) is 104 cm³/mol. The third-order valence-corrected chi connectivity index (χ3v) is 5.11. The highest BCUT2D eigenvalue weighted by atomic mass is 19.4. The Kier molecular flexibility index (Phi) is 4.91. The first-order valence-electron chi connectivity index (χ1n) is 9.61. The van der Waals surface area contributed by atoms with Crippen LogP contribution in [0.2, 0.25) is 0 Å². The topological polar surface area (TPSA) is 68.5 Å². The van der Waals surface area contributed by atoms with Crippen LogP contribution in [0.15, 0.2) is 28.8 Å². The van der Waals surface area contributed by atoms with Crippen LogP contribution < -0.4 is 9.64 Å². The lowest BCUT2D eigenvalue weighted by atomic mass is 9.98. The molecule has 9 heteroatoms. The van der Waals surface area contributed by atoms with Crippen molar-refractivity contribution in [3.8, 4) is 5.75 Å². The SMILES string of the molecule is Cc1noc2nc(C(C)C)cc(C(=O)N3CCCc4cc(OC(F)(F)F)ccc43)c12. The van der Waals surface area contributed by atoms with Crippen molar-refractivity contribution in [2.45, 2.75) is 45.9 Å². The van der Waals surface area contributed by atoms with E-state index in [1.54, 1.807) is 17.9 Å². The molecule has 1 aliphatic rings. The van der Waals surface area contributed by atoms with Crippen LogP contribution in [-0.4, -0.2) is 29.0 Å². The minimum atomic E-state index is -4.76. The van der Waals surface area contributed by atoms with Gasteiger partial charge < -0.3 is 14.2 Å². The van der Waals surface area contributed by atoms with E-state index in [0.29, 0.717) is 58.7 Å². The van der Waals surface area contributed by atoms with Gasteiger partial charge in [-0.1, -0.05) is 19.0 Å². The molecular weight excluding hydrogens is 399 g/mol. The molecule has 158 valence electrons. The summed E-state index contributed by atoms with van der Waals surface area (Å²) < 4.78 is 47.0. The van der Waals surface area contributed by atoms with Gasteiger partial charge in [-0.15, -0.1) is 13.2 Å². The maximum atomic E-state index is 13.5. The number of carbonyl (C=O) groups is 1. The van der Waals surface area contributed by atoms with Crippen LogP contribution in [0.3, 0.4) is 0 Å². The molecule has 0 bridgehead atoms. The fourth-order valence-electron chi connectivity index (χ4n) is 3.71. The van der Waals surface area contributed by atoms with E-state index in [4.69, 9.17) is 4.52 Å². The second kappa shape index (κ2) is 7.30. The quantitative estimate of drug-likeness (QED) is 0.588. The van der Waals surface area contributed by atoms with E-state index in [1.807, 2.05) is 13.8 Å². The summed E-state index contributed by atoms with van der Waals surface area (Å²) in [5, 5.41) is 4.49. The molecule has 3 aromatic rings. The number of alkyl halides is 3. The zero-order chi connectivity index (χ0) is 21.6. The molecule has 0 N–H and O–H groups in total. The van der Waals surface area contributed by atoms with Gasteiger partial charge in [0.2, 0.25) is 0 Å². The molecule has 1 aromatic carbocycles. The molecule has 0 spiro atoms. The van der Waals surface area contributed by atoms with E-state index in [1.165, 1.54) is 18.2 Å². The van der Waals surface area contributed by atoms with Crippen molar-refractivity contribution in [2.75, 3.05) is 11.4 Å². The summed E-state index contributed by atoms with van der Waals surface area (Å²) in [6.45, 7) is 6.12. The van der Waals surface area contributed by atoms with Gasteiger partial charge in [0.25, 0.3) is 11.6 Å². The monoisotopic (exact) mass is 419 g/mol. The van der Waals surface area contributed by atoms with Crippen LogP contribution in [0.5, 0.6) is 5.75 Å². The fourth-order valence-corrected chi connectivity index (χ4v) is 3.71. The second-order valence-corrected chi connectivity index (χ2v) is 7.60. The van der Waals surface area contributed by atoms with Gasteiger partial charge >= 0.3 is 6.36 Å². The van der Waals surface area contributed by atoms with Crippen molar-refractivity contribution >= 4 is 22.7 Å². The number of rotatable bonds is 3. The Bertz CT molecular complexity index is 1120. The summed E-state index contributed by atoms with van der Waals surface area (Å²) in [6.07, 6.45) is -3.58. The lowest BCUT2D eigenvalue weighted by Gasteiger charge is -2.30. The maximum absolute atomic E-state index is 13.5. The number of fused-ring (bicyclic) bond motifs is 2. The first-order valence-corrected chi connectivity index (χ1v) is 9.61. The van der Waals surface area contributed by atoms with Gasteiger partial charge in [0.05, 0.1) is 16.6 Å². The normalized spacial score (nSPS) is 14.3. The standard InChI is InChI=1S/C21H20F3N3O3/c1-11(2)16-10-15(18-12(3)26-30-19(18)25-16)20(28)27-8-4-5-13-9-14(6-7-17(13)27)29-21(22,23)24/h6-7,9-11H,4-5,8H2,1-3H3. The van der Waals surface area contributed by atoms with E-state index < -0.39 is 6.36 Å². The average molecular weight is 419 g/mol. The van der Waals surface area contributed by atoms with E-state index in [2.05, 4.69) is 14.9 Å². The van der Waals surface area contributed by atoms with Crippen molar-refractivity contribution in [3.63, 3.8) is 0 Å². The van der Waals surface area contributed by atoms with Gasteiger partial charge in [0, 0.05) is 17.9 Å². The molecule has 0 fully saturated rings. The van der Waals surface area contributed by atoms with Crippen molar-refractivity contribution in [2.24, 2.45) is 0 Å². The Morgan fingerprint density at radius 1 is 1.27 bits per heavy atom. The molecular formula is C21H20F3N3O3. The number of anilines is 1. The Hall–Kier alpha value is -3.10. The number of nitrogens with zero attached hydrogens (tertiary/aromatic N) is 3. The fraction of sp³-hybridized carbons (Fsp3) is 0.381. The van der Waals surface area contributed by atoms with Crippen LogP contribution in [0.25, 0.3) is 11.1 Å². The number of aromatic nitrogens is 2. The first-order chi connectivity index (χ1) is 14.1. The van der Waals surface area contributed by atoms with Crippen LogP contribution in [0.1, 0.15) is 53.5 Å². The van der Waals surface area contributed by atoms with Crippen LogP contribution in [0, 0.1) is 6.92 Å². The van der Waals surface area contributed by atoms with Crippen LogP contribution in [0.4, 0.5) is 18.9 Å². The minimum absolute atomic E-state index is 0.0714. The van der Waals surface area contributed by atoms with Crippen molar-refractivity contribution in [1.29, 1.82) is 0 Å². The average Bonchev–Trinajstić information content (AvgIpc) is 3.06. The third kappa shape index (κ3) is 3.71. The molecule has 0 unspecified atom stereocenters. The molecule has 6 nitrogen and oxygen atoms in total. The number of halogens is 3. The largest absolute Gasteiger partial charge is 0.573 e. The van der Waals surface area contributed by atoms with Gasteiger partial charge in [-0.25, -0.2) is 4.98 Å². The number of hydrogen-bond acceptors (Lipinski definition) is 5. The van der Waals surface area contributed by atoms with E-state index in [-0.39, 0.29) is 17.6 Å². The number of hydrogen-bond donors (Lipinski definition) is 0. The molecule has 0 saturated heterocycles. The Morgan fingerprint density at radius 2 is 2.03 bits per heavy atom. The van der Waals surface area contributed by atoms with E-state index >= 15 is 0 Å². The minimum Gasteiger partial charge on any atom is -0.406 e. The Morgan fingerprint density at radius 3 is 2.73 bits per heavy atom. The molecule has 1 amide bonds. The Balaban J connectivity index is 1.76. The molecule has 1 aliphatic heterocycles. The number of benzene rings is 1. The summed E-state index contributed by atoms with van der Waals surface area (Å²) in [7, 11) is 0. The maximum Gasteiger partial charge on any atom is 0.573 e. The molecule has 30 heavy (non-hydrogen) atoms. The van der Waals surface area contributed by atoms with E-state index in [0.717, 1.165) is 0 Å². The lowest BCUT2D eigenvalue weighted by molar-refractivity contribution is -0.274. The van der Waals surface area contributed by atoms with Gasteiger partial charge in [-0.2, -0.15) is 0 Å². The molecule has 4 rings (SSSR count). The summed E-state index contributed by atoms with van der Waals surface area (Å²) >= 11 is 0. The zero-order valence-corrected chi connectivity index (χ0v) is 16.7. The highest BCUT2D eigenvalue weighted by Gasteiger charge is 2.32. The molecule has 0 aliphatic carbocycles. The zero-order valence-electron chi connectivity index (χ0n) is 16.7. The first kappa shape index (κ1) is 20.2. The molecule has 0 saturated carbocycles. The lowest BCUT2D eigenvalue weighted by Crippen LogP contribution is -2.35. The number of carbonyl (C=O) groups excluding carboxylic acids is 1. The molecule has 0 radical (unpaired) electrons. The number of aryl methyl sites for hydroxylation is 2. The van der Waals surface area contributed by atoms with Crippen molar-refractivity contribution < 1.29 is 27.2 Å². The smallest absolute Gasteiger partial charge is 0.406 e.